The topological polar surface area (TPSA) is 43.1 Å². The minimum atomic E-state index is -0.383. The quantitative estimate of drug-likeness (QED) is 0.475. The fourth-order valence-corrected chi connectivity index (χ4v) is 2.58. The first kappa shape index (κ1) is 10.1. The number of nitrogens with zero attached hydrogens (tertiary/aromatic N) is 1. The first-order chi connectivity index (χ1) is 6.50. The molecule has 74 valence electrons. The fraction of sp³-hybridized carbons (Fsp3) is 0.333. The maximum absolute atomic E-state index is 10.4. The zero-order valence-electron chi connectivity index (χ0n) is 7.11. The van der Waals surface area contributed by atoms with Gasteiger partial charge in [0.05, 0.1) is 8.16 Å². The first-order valence-electron chi connectivity index (χ1n) is 4.13. The lowest BCUT2D eigenvalue weighted by Gasteiger charge is -2.00. The van der Waals surface area contributed by atoms with Gasteiger partial charge in [0.25, 0.3) is 5.69 Å². The average molecular weight is 321 g/mol. The second kappa shape index (κ2) is 3.31. The second-order valence-corrected chi connectivity index (χ2v) is 7.26. The summed E-state index contributed by atoms with van der Waals surface area (Å²) in [5.41, 5.74) is 1.27. The van der Waals surface area contributed by atoms with Crippen LogP contribution in [0.15, 0.2) is 24.3 Å². The van der Waals surface area contributed by atoms with Crippen molar-refractivity contribution in [3.8, 4) is 0 Å². The molecule has 3 nitrogen and oxygen atoms in total. The van der Waals surface area contributed by atoms with Crippen molar-refractivity contribution in [1.29, 1.82) is 0 Å². The summed E-state index contributed by atoms with van der Waals surface area (Å²) in [4.78, 5) is 10.0. The molecule has 0 aliphatic heterocycles. The molecule has 5 heteroatoms. The van der Waals surface area contributed by atoms with Crippen LogP contribution in [0.4, 0.5) is 5.69 Å². The molecule has 0 saturated heterocycles. The highest BCUT2D eigenvalue weighted by Gasteiger charge is 2.51. The Morgan fingerprint density at radius 2 is 1.86 bits per heavy atom. The summed E-state index contributed by atoms with van der Waals surface area (Å²) in [6, 6.07) is 6.72. The van der Waals surface area contributed by atoms with E-state index in [2.05, 4.69) is 31.9 Å². The molecule has 1 aliphatic carbocycles. The third kappa shape index (κ3) is 1.83. The molecule has 0 amide bonds. The number of hydrogen-bond donors (Lipinski definition) is 0. The largest absolute Gasteiger partial charge is 0.269 e. The molecule has 2 rings (SSSR count). The maximum atomic E-state index is 10.4. The lowest BCUT2D eigenvalue weighted by molar-refractivity contribution is -0.384. The van der Waals surface area contributed by atoms with Crippen LogP contribution in [0.5, 0.6) is 0 Å². The molecule has 0 heterocycles. The van der Waals surface area contributed by atoms with E-state index in [0.717, 1.165) is 12.0 Å². The van der Waals surface area contributed by atoms with Crippen LogP contribution in [0.25, 0.3) is 0 Å². The van der Waals surface area contributed by atoms with Crippen LogP contribution in [-0.4, -0.2) is 8.16 Å². The van der Waals surface area contributed by atoms with E-state index in [1.165, 1.54) is 0 Å². The van der Waals surface area contributed by atoms with E-state index in [-0.39, 0.29) is 13.8 Å². The highest BCUT2D eigenvalue weighted by Crippen LogP contribution is 2.62. The highest BCUT2D eigenvalue weighted by atomic mass is 79.9. The zero-order valence-corrected chi connectivity index (χ0v) is 10.3. The molecule has 1 aliphatic rings. The Kier molecular flexibility index (Phi) is 2.39. The van der Waals surface area contributed by atoms with Gasteiger partial charge in [0, 0.05) is 18.1 Å². The minimum absolute atomic E-state index is 0.0101. The van der Waals surface area contributed by atoms with Gasteiger partial charge in [0.2, 0.25) is 0 Å². The molecular weight excluding hydrogens is 314 g/mol. The van der Waals surface area contributed by atoms with Crippen molar-refractivity contribution < 1.29 is 4.92 Å². The van der Waals surface area contributed by atoms with Crippen molar-refractivity contribution in [2.45, 2.75) is 15.6 Å². The van der Waals surface area contributed by atoms with Gasteiger partial charge < -0.3 is 0 Å². The number of benzene rings is 1. The van der Waals surface area contributed by atoms with Crippen molar-refractivity contribution in [3.63, 3.8) is 0 Å². The lowest BCUT2D eigenvalue weighted by atomic mass is 10.1. The Balaban J connectivity index is 2.20. The number of rotatable bonds is 2. The summed E-state index contributed by atoms with van der Waals surface area (Å²) in [5, 5.41) is 10.4. The van der Waals surface area contributed by atoms with E-state index >= 15 is 0 Å². The number of non-ortho nitro benzene ring substituents is 1. The fourth-order valence-electron chi connectivity index (χ4n) is 1.40. The van der Waals surface area contributed by atoms with Crippen molar-refractivity contribution in [3.05, 3.63) is 39.9 Å². The van der Waals surface area contributed by atoms with E-state index in [1.54, 1.807) is 12.1 Å². The van der Waals surface area contributed by atoms with Crippen LogP contribution in [0, 0.1) is 10.1 Å². The van der Waals surface area contributed by atoms with Gasteiger partial charge in [-0.3, -0.25) is 10.1 Å². The number of nitro benzene ring substituents is 1. The van der Waals surface area contributed by atoms with E-state index in [0.29, 0.717) is 5.92 Å². The van der Waals surface area contributed by atoms with E-state index in [9.17, 15) is 10.1 Å². The van der Waals surface area contributed by atoms with Gasteiger partial charge in [-0.25, -0.2) is 0 Å². The van der Waals surface area contributed by atoms with Gasteiger partial charge in [0.15, 0.2) is 0 Å². The van der Waals surface area contributed by atoms with Crippen LogP contribution in [0.3, 0.4) is 0 Å². The van der Waals surface area contributed by atoms with Crippen LogP contribution >= 0.6 is 31.9 Å². The number of hydrogen-bond acceptors (Lipinski definition) is 2. The summed E-state index contributed by atoms with van der Waals surface area (Å²) >= 11 is 7.04. The molecule has 1 unspecified atom stereocenters. The molecular formula is C9H7Br2NO2. The van der Waals surface area contributed by atoms with E-state index in [4.69, 9.17) is 0 Å². The second-order valence-electron chi connectivity index (χ2n) is 3.37. The van der Waals surface area contributed by atoms with Crippen molar-refractivity contribution in [1.82, 2.24) is 0 Å². The summed E-state index contributed by atoms with van der Waals surface area (Å²) in [5.74, 6) is 0.420. The Bertz CT molecular complexity index is 375. The van der Waals surface area contributed by atoms with Crippen molar-refractivity contribution >= 4 is 37.5 Å². The molecule has 0 spiro atoms. The van der Waals surface area contributed by atoms with Crippen molar-refractivity contribution in [2.24, 2.45) is 0 Å². The lowest BCUT2D eigenvalue weighted by Crippen LogP contribution is -1.90. The number of alkyl halides is 2. The molecule has 0 aromatic heterocycles. The molecule has 0 radical (unpaired) electrons. The predicted molar refractivity (Wildman–Crippen MR) is 61.0 cm³/mol. The van der Waals surface area contributed by atoms with Gasteiger partial charge in [-0.1, -0.05) is 44.0 Å². The summed E-state index contributed by atoms with van der Waals surface area (Å²) < 4.78 is 0.0101. The van der Waals surface area contributed by atoms with Crippen LogP contribution in [0.2, 0.25) is 0 Å². The smallest absolute Gasteiger partial charge is 0.258 e. The number of nitro groups is 1. The third-order valence-electron chi connectivity index (χ3n) is 2.33. The molecule has 1 aromatic rings. The zero-order chi connectivity index (χ0) is 10.3. The molecule has 0 N–H and O–H groups in total. The Morgan fingerprint density at radius 1 is 1.36 bits per heavy atom. The minimum Gasteiger partial charge on any atom is -0.258 e. The van der Waals surface area contributed by atoms with E-state index in [1.807, 2.05) is 12.1 Å². The monoisotopic (exact) mass is 319 g/mol. The molecule has 14 heavy (non-hydrogen) atoms. The van der Waals surface area contributed by atoms with Crippen LogP contribution < -0.4 is 0 Å². The molecule has 1 aromatic carbocycles. The normalized spacial score (nSPS) is 23.1. The maximum Gasteiger partial charge on any atom is 0.269 e. The van der Waals surface area contributed by atoms with Crippen LogP contribution in [-0.2, 0) is 0 Å². The van der Waals surface area contributed by atoms with Crippen LogP contribution in [0.1, 0.15) is 17.9 Å². The Hall–Kier alpha value is -0.420. The van der Waals surface area contributed by atoms with Gasteiger partial charge in [0.1, 0.15) is 0 Å². The SMILES string of the molecule is O=[N+]([O-])c1ccc(C2CC2(Br)Br)cc1. The van der Waals surface area contributed by atoms with E-state index < -0.39 is 0 Å². The van der Waals surface area contributed by atoms with Gasteiger partial charge in [-0.2, -0.15) is 0 Å². The molecule has 1 atom stereocenters. The highest BCUT2D eigenvalue weighted by molar-refractivity contribution is 9.25. The summed E-state index contributed by atoms with van der Waals surface area (Å²) in [7, 11) is 0. The van der Waals surface area contributed by atoms with Gasteiger partial charge >= 0.3 is 0 Å². The van der Waals surface area contributed by atoms with Gasteiger partial charge in [-0.15, -0.1) is 0 Å². The van der Waals surface area contributed by atoms with Gasteiger partial charge in [-0.05, 0) is 12.0 Å². The first-order valence-corrected chi connectivity index (χ1v) is 5.71. The molecule has 0 bridgehead atoms. The Morgan fingerprint density at radius 3 is 2.21 bits per heavy atom. The summed E-state index contributed by atoms with van der Waals surface area (Å²) in [6.07, 6.45) is 1.02. The predicted octanol–water partition coefficient (Wildman–Crippen LogP) is 3.57. The number of halogens is 2. The standard InChI is InChI=1S/C9H7Br2NO2/c10-9(11)5-8(9)6-1-3-7(4-2-6)12(13)14/h1-4,8H,5H2. The third-order valence-corrected chi connectivity index (χ3v) is 4.09. The Labute approximate surface area is 97.9 Å². The molecule has 1 saturated carbocycles. The molecule has 1 fully saturated rings. The van der Waals surface area contributed by atoms with Crippen molar-refractivity contribution in [2.75, 3.05) is 0 Å². The summed E-state index contributed by atoms with van der Waals surface area (Å²) in [6.45, 7) is 0. The average Bonchev–Trinajstić information content (AvgIpc) is 2.75.